The normalized spacial score (nSPS) is 18.6. The minimum atomic E-state index is -0.472. The molecule has 0 saturated heterocycles. The highest BCUT2D eigenvalue weighted by molar-refractivity contribution is 8.15. The van der Waals surface area contributed by atoms with Crippen molar-refractivity contribution < 1.29 is 9.18 Å². The number of guanidine groups is 1. The van der Waals surface area contributed by atoms with Crippen molar-refractivity contribution in [2.75, 3.05) is 0 Å². The Morgan fingerprint density at radius 2 is 2.17 bits per heavy atom. The van der Waals surface area contributed by atoms with Crippen molar-refractivity contribution in [1.29, 1.82) is 0 Å². The van der Waals surface area contributed by atoms with Crippen molar-refractivity contribution in [2.24, 2.45) is 21.5 Å². The number of thioether (sulfide) groups is 1. The van der Waals surface area contributed by atoms with Crippen LogP contribution in [-0.4, -0.2) is 22.3 Å². The number of hydrogen-bond acceptors (Lipinski definition) is 3. The lowest BCUT2D eigenvalue weighted by Gasteiger charge is -2.06. The summed E-state index contributed by atoms with van der Waals surface area (Å²) in [4.78, 5) is 19.0. The van der Waals surface area contributed by atoms with Crippen LogP contribution in [0.3, 0.4) is 0 Å². The van der Waals surface area contributed by atoms with E-state index in [9.17, 15) is 9.18 Å². The van der Waals surface area contributed by atoms with Crippen LogP contribution in [0.15, 0.2) is 34.3 Å². The van der Waals surface area contributed by atoms with Crippen LogP contribution in [0.4, 0.5) is 4.39 Å². The predicted molar refractivity (Wildman–Crippen MR) is 69.7 cm³/mol. The Bertz CT molecular complexity index is 540. The fraction of sp³-hybridized carbons (Fsp3) is 0.182. The zero-order valence-corrected chi connectivity index (χ0v) is 10.2. The van der Waals surface area contributed by atoms with Gasteiger partial charge >= 0.3 is 0 Å². The first-order valence-electron chi connectivity index (χ1n) is 5.18. The van der Waals surface area contributed by atoms with Crippen LogP contribution in [0.2, 0.25) is 0 Å². The molecule has 2 rings (SSSR count). The Morgan fingerprint density at radius 1 is 1.44 bits per heavy atom. The molecule has 0 aromatic heterocycles. The largest absolute Gasteiger partial charge is 0.370 e. The highest BCUT2D eigenvalue weighted by atomic mass is 32.2. The van der Waals surface area contributed by atoms with Crippen LogP contribution in [0.1, 0.15) is 5.56 Å². The van der Waals surface area contributed by atoms with Crippen LogP contribution in [0, 0.1) is 5.82 Å². The number of benzene rings is 1. The Kier molecular flexibility index (Phi) is 3.61. The van der Waals surface area contributed by atoms with E-state index in [1.807, 2.05) is 0 Å². The van der Waals surface area contributed by atoms with Gasteiger partial charge in [0.05, 0.1) is 5.25 Å². The third-order valence-corrected chi connectivity index (χ3v) is 3.36. The van der Waals surface area contributed by atoms with Crippen molar-refractivity contribution in [1.82, 2.24) is 0 Å². The number of carbonyl (C=O) groups is 1. The smallest absolute Gasteiger partial charge is 0.262 e. The Morgan fingerprint density at radius 3 is 2.83 bits per heavy atom. The molecular weight excluding hydrogens is 255 g/mol. The van der Waals surface area contributed by atoms with Gasteiger partial charge in [0.25, 0.3) is 5.91 Å². The van der Waals surface area contributed by atoms with Crippen LogP contribution >= 0.6 is 11.8 Å². The average Bonchev–Trinajstić information content (AvgIpc) is 2.61. The number of carbonyl (C=O) groups excluding carboxylic acids is 1. The van der Waals surface area contributed by atoms with E-state index in [0.717, 1.165) is 11.8 Å². The highest BCUT2D eigenvalue weighted by Crippen LogP contribution is 2.27. The van der Waals surface area contributed by atoms with Crippen molar-refractivity contribution in [3.8, 4) is 0 Å². The number of amidine groups is 1. The van der Waals surface area contributed by atoms with Gasteiger partial charge in [0.2, 0.25) is 0 Å². The van der Waals surface area contributed by atoms with Gasteiger partial charge in [-0.1, -0.05) is 30.0 Å². The number of halogens is 1. The summed E-state index contributed by atoms with van der Waals surface area (Å²) in [5, 5.41) is -0.249. The Labute approximate surface area is 107 Å². The first kappa shape index (κ1) is 12.6. The molecule has 0 spiro atoms. The summed E-state index contributed by atoms with van der Waals surface area (Å²) in [5.41, 5.74) is 10.9. The number of aliphatic imine (C=N–C) groups is 2. The van der Waals surface area contributed by atoms with E-state index in [1.54, 1.807) is 18.2 Å². The van der Waals surface area contributed by atoms with E-state index in [1.165, 1.54) is 6.07 Å². The van der Waals surface area contributed by atoms with Crippen molar-refractivity contribution >= 4 is 28.8 Å². The summed E-state index contributed by atoms with van der Waals surface area (Å²) in [5.74, 6) is -0.829. The predicted octanol–water partition coefficient (Wildman–Crippen LogP) is 0.640. The molecule has 1 aliphatic heterocycles. The fourth-order valence-electron chi connectivity index (χ4n) is 1.52. The molecule has 0 aliphatic carbocycles. The molecule has 7 heteroatoms. The lowest BCUT2D eigenvalue weighted by atomic mass is 10.1. The summed E-state index contributed by atoms with van der Waals surface area (Å²) in [6.45, 7) is 0. The topological polar surface area (TPSA) is 93.8 Å². The number of amides is 1. The molecule has 1 unspecified atom stereocenters. The van der Waals surface area contributed by atoms with Crippen LogP contribution in [-0.2, 0) is 11.2 Å². The van der Waals surface area contributed by atoms with E-state index < -0.39 is 5.25 Å². The highest BCUT2D eigenvalue weighted by Gasteiger charge is 2.29. The minimum Gasteiger partial charge on any atom is -0.370 e. The fourth-order valence-corrected chi connectivity index (χ4v) is 2.50. The molecular formula is C11H11FN4OS. The standard InChI is InChI=1S/C11H11FN4OS/c12-7-4-2-1-3-6(7)5-8-9(17)15-11(18-8)16-10(13)14/h1-4,8H,5H2,(H4,13,14,15,16,17). The molecule has 1 atom stereocenters. The second-order valence-electron chi connectivity index (χ2n) is 3.67. The maximum Gasteiger partial charge on any atom is 0.262 e. The van der Waals surface area contributed by atoms with Gasteiger partial charge in [-0.05, 0) is 18.1 Å². The molecule has 1 aromatic carbocycles. The third-order valence-electron chi connectivity index (χ3n) is 2.32. The summed E-state index contributed by atoms with van der Waals surface area (Å²) < 4.78 is 13.5. The summed E-state index contributed by atoms with van der Waals surface area (Å²) in [7, 11) is 0. The zero-order valence-electron chi connectivity index (χ0n) is 9.34. The number of nitrogens with two attached hydrogens (primary N) is 2. The molecule has 0 saturated carbocycles. The monoisotopic (exact) mass is 266 g/mol. The van der Waals surface area contributed by atoms with Crippen LogP contribution < -0.4 is 11.5 Å². The van der Waals surface area contributed by atoms with Gasteiger partial charge in [-0.15, -0.1) is 0 Å². The van der Waals surface area contributed by atoms with Gasteiger partial charge in [0.1, 0.15) is 5.82 Å². The van der Waals surface area contributed by atoms with E-state index in [-0.39, 0.29) is 29.3 Å². The first-order valence-corrected chi connectivity index (χ1v) is 6.06. The summed E-state index contributed by atoms with van der Waals surface area (Å²) >= 11 is 1.14. The van der Waals surface area contributed by atoms with Gasteiger partial charge < -0.3 is 11.5 Å². The first-order chi connectivity index (χ1) is 8.56. The molecule has 1 amide bonds. The van der Waals surface area contributed by atoms with Crippen LogP contribution in [0.5, 0.6) is 0 Å². The zero-order chi connectivity index (χ0) is 13.1. The van der Waals surface area contributed by atoms with E-state index in [4.69, 9.17) is 11.5 Å². The SMILES string of the molecule is NC(N)=NC1=NC(=O)C(Cc2ccccc2F)S1. The quantitative estimate of drug-likeness (QED) is 0.606. The van der Waals surface area contributed by atoms with Gasteiger partial charge in [0, 0.05) is 0 Å². The maximum absolute atomic E-state index is 13.5. The Hall–Kier alpha value is -1.89. The average molecular weight is 266 g/mol. The molecule has 1 heterocycles. The van der Waals surface area contributed by atoms with Crippen molar-refractivity contribution in [2.45, 2.75) is 11.7 Å². The molecule has 0 radical (unpaired) electrons. The summed E-state index contributed by atoms with van der Waals surface area (Å²) in [6, 6.07) is 6.32. The van der Waals surface area contributed by atoms with E-state index in [0.29, 0.717) is 5.56 Å². The molecule has 18 heavy (non-hydrogen) atoms. The molecule has 5 nitrogen and oxygen atoms in total. The molecule has 1 aliphatic rings. The Balaban J connectivity index is 2.08. The maximum atomic E-state index is 13.5. The number of rotatable bonds is 2. The van der Waals surface area contributed by atoms with Crippen molar-refractivity contribution in [3.05, 3.63) is 35.6 Å². The molecule has 0 bridgehead atoms. The minimum absolute atomic E-state index is 0.152. The third kappa shape index (κ3) is 2.86. The van der Waals surface area contributed by atoms with Gasteiger partial charge in [-0.3, -0.25) is 4.79 Å². The molecule has 4 N–H and O–H groups in total. The molecule has 0 fully saturated rings. The van der Waals surface area contributed by atoms with Crippen molar-refractivity contribution in [3.63, 3.8) is 0 Å². The van der Waals surface area contributed by atoms with E-state index >= 15 is 0 Å². The second-order valence-corrected chi connectivity index (χ2v) is 4.84. The van der Waals surface area contributed by atoms with Gasteiger partial charge in [-0.2, -0.15) is 9.98 Å². The summed E-state index contributed by atoms with van der Waals surface area (Å²) in [6.07, 6.45) is 0.267. The molecule has 94 valence electrons. The molecule has 1 aromatic rings. The second kappa shape index (κ2) is 5.18. The van der Waals surface area contributed by atoms with Gasteiger partial charge in [0.15, 0.2) is 11.1 Å². The number of hydrogen-bond donors (Lipinski definition) is 2. The van der Waals surface area contributed by atoms with Gasteiger partial charge in [-0.25, -0.2) is 4.39 Å². The van der Waals surface area contributed by atoms with Crippen LogP contribution in [0.25, 0.3) is 0 Å². The van der Waals surface area contributed by atoms with E-state index in [2.05, 4.69) is 9.98 Å². The lowest BCUT2D eigenvalue weighted by molar-refractivity contribution is -0.117. The lowest BCUT2D eigenvalue weighted by Crippen LogP contribution is -2.23. The number of nitrogens with zero attached hydrogens (tertiary/aromatic N) is 2.